The first-order valence-electron chi connectivity index (χ1n) is 6.41. The van der Waals surface area contributed by atoms with E-state index in [1.807, 2.05) is 50.8 Å². The number of carbonyl (C=O) groups excluding carboxylic acids is 1. The summed E-state index contributed by atoms with van der Waals surface area (Å²) in [5.74, 6) is 0.0997. The van der Waals surface area contributed by atoms with Crippen LogP contribution in [0.15, 0.2) is 18.2 Å². The summed E-state index contributed by atoms with van der Waals surface area (Å²) in [6.07, 6.45) is 0. The van der Waals surface area contributed by atoms with E-state index in [2.05, 4.69) is 5.32 Å². The highest BCUT2D eigenvalue weighted by molar-refractivity contribution is 5.86. The van der Waals surface area contributed by atoms with Gasteiger partial charge in [-0.1, -0.05) is 12.1 Å². The molecule has 0 aromatic heterocycles. The van der Waals surface area contributed by atoms with E-state index in [-0.39, 0.29) is 11.9 Å². The zero-order valence-electron chi connectivity index (χ0n) is 11.7. The average molecular weight is 249 g/mol. The molecule has 0 radical (unpaired) electrons. The monoisotopic (exact) mass is 249 g/mol. The van der Waals surface area contributed by atoms with Gasteiger partial charge in [-0.15, -0.1) is 0 Å². The van der Waals surface area contributed by atoms with Crippen molar-refractivity contribution in [3.8, 4) is 0 Å². The van der Waals surface area contributed by atoms with Gasteiger partial charge in [0, 0.05) is 13.1 Å². The summed E-state index contributed by atoms with van der Waals surface area (Å²) in [6, 6.07) is 5.46. The molecule has 0 aliphatic rings. The number of para-hydroxylation sites is 1. The number of nitrogen functional groups attached to an aromatic ring is 1. The molecule has 18 heavy (non-hydrogen) atoms. The summed E-state index contributed by atoms with van der Waals surface area (Å²) in [5, 5.41) is 3.21. The Balaban J connectivity index is 2.81. The zero-order valence-corrected chi connectivity index (χ0v) is 11.7. The maximum atomic E-state index is 12.2. The largest absolute Gasteiger partial charge is 0.397 e. The van der Waals surface area contributed by atoms with Crippen LogP contribution < -0.4 is 11.1 Å². The normalized spacial score (nSPS) is 12.0. The molecule has 4 heteroatoms. The highest BCUT2D eigenvalue weighted by Gasteiger charge is 2.19. The van der Waals surface area contributed by atoms with Crippen molar-refractivity contribution in [1.82, 2.24) is 4.90 Å². The van der Waals surface area contributed by atoms with Gasteiger partial charge in [0.25, 0.3) is 0 Å². The van der Waals surface area contributed by atoms with Crippen LogP contribution in [0.25, 0.3) is 0 Å². The number of carbonyl (C=O) groups is 1. The molecule has 0 saturated carbocycles. The van der Waals surface area contributed by atoms with Crippen LogP contribution in [0.4, 0.5) is 11.4 Å². The standard InChI is InChI=1S/C14H23N3O/c1-5-17(6-2)14(18)11(4)16-13-10(3)8-7-9-12(13)15/h7-9,11,16H,5-6,15H2,1-4H3. The second-order valence-electron chi connectivity index (χ2n) is 4.42. The number of anilines is 2. The summed E-state index contributed by atoms with van der Waals surface area (Å²) in [6.45, 7) is 9.27. The maximum Gasteiger partial charge on any atom is 0.244 e. The van der Waals surface area contributed by atoms with E-state index in [9.17, 15) is 4.79 Å². The fourth-order valence-corrected chi connectivity index (χ4v) is 1.98. The van der Waals surface area contributed by atoms with Crippen molar-refractivity contribution in [3.63, 3.8) is 0 Å². The quantitative estimate of drug-likeness (QED) is 0.787. The van der Waals surface area contributed by atoms with E-state index in [1.54, 1.807) is 0 Å². The van der Waals surface area contributed by atoms with E-state index >= 15 is 0 Å². The smallest absolute Gasteiger partial charge is 0.244 e. The van der Waals surface area contributed by atoms with Crippen molar-refractivity contribution < 1.29 is 4.79 Å². The highest BCUT2D eigenvalue weighted by atomic mass is 16.2. The lowest BCUT2D eigenvalue weighted by Crippen LogP contribution is -2.41. The molecule has 1 aromatic carbocycles. The lowest BCUT2D eigenvalue weighted by atomic mass is 10.1. The van der Waals surface area contributed by atoms with Crippen LogP contribution in [0.1, 0.15) is 26.3 Å². The molecule has 0 heterocycles. The molecule has 1 unspecified atom stereocenters. The number of rotatable bonds is 5. The van der Waals surface area contributed by atoms with Gasteiger partial charge in [-0.3, -0.25) is 4.79 Å². The fraction of sp³-hybridized carbons (Fsp3) is 0.500. The van der Waals surface area contributed by atoms with Crippen molar-refractivity contribution in [2.24, 2.45) is 0 Å². The Morgan fingerprint density at radius 1 is 1.39 bits per heavy atom. The molecule has 1 atom stereocenters. The molecule has 3 N–H and O–H groups in total. The fourth-order valence-electron chi connectivity index (χ4n) is 1.98. The third-order valence-electron chi connectivity index (χ3n) is 3.11. The zero-order chi connectivity index (χ0) is 13.7. The average Bonchev–Trinajstić information content (AvgIpc) is 2.35. The minimum absolute atomic E-state index is 0.0997. The van der Waals surface area contributed by atoms with E-state index in [0.29, 0.717) is 5.69 Å². The second-order valence-corrected chi connectivity index (χ2v) is 4.42. The number of nitrogens with two attached hydrogens (primary N) is 1. The minimum Gasteiger partial charge on any atom is -0.397 e. The van der Waals surface area contributed by atoms with E-state index < -0.39 is 0 Å². The Labute approximate surface area is 109 Å². The van der Waals surface area contributed by atoms with Crippen molar-refractivity contribution >= 4 is 17.3 Å². The van der Waals surface area contributed by atoms with Gasteiger partial charge in [0.05, 0.1) is 11.4 Å². The van der Waals surface area contributed by atoms with Crippen molar-refractivity contribution in [3.05, 3.63) is 23.8 Å². The molecule has 1 rings (SSSR count). The molecule has 0 aliphatic carbocycles. The Morgan fingerprint density at radius 3 is 2.50 bits per heavy atom. The first-order valence-corrected chi connectivity index (χ1v) is 6.41. The van der Waals surface area contributed by atoms with Crippen molar-refractivity contribution in [1.29, 1.82) is 0 Å². The van der Waals surface area contributed by atoms with E-state index in [1.165, 1.54) is 0 Å². The number of amides is 1. The van der Waals surface area contributed by atoms with Gasteiger partial charge >= 0.3 is 0 Å². The Hall–Kier alpha value is -1.71. The van der Waals surface area contributed by atoms with Crippen LogP contribution in [0, 0.1) is 6.92 Å². The van der Waals surface area contributed by atoms with Crippen LogP contribution in [0.2, 0.25) is 0 Å². The number of nitrogens with one attached hydrogen (secondary N) is 1. The third-order valence-corrected chi connectivity index (χ3v) is 3.11. The molecule has 1 aromatic rings. The van der Waals surface area contributed by atoms with Gasteiger partial charge in [-0.25, -0.2) is 0 Å². The highest BCUT2D eigenvalue weighted by Crippen LogP contribution is 2.23. The lowest BCUT2D eigenvalue weighted by Gasteiger charge is -2.25. The molecular formula is C14H23N3O. The van der Waals surface area contributed by atoms with Gasteiger partial charge < -0.3 is 16.0 Å². The Morgan fingerprint density at radius 2 is 2.00 bits per heavy atom. The first-order chi connectivity index (χ1) is 8.51. The predicted molar refractivity (Wildman–Crippen MR) is 76.6 cm³/mol. The van der Waals surface area contributed by atoms with Gasteiger partial charge in [0.15, 0.2) is 0 Å². The second kappa shape index (κ2) is 6.28. The van der Waals surface area contributed by atoms with Crippen LogP contribution in [-0.4, -0.2) is 29.9 Å². The summed E-state index contributed by atoms with van der Waals surface area (Å²) >= 11 is 0. The molecule has 0 bridgehead atoms. The molecular weight excluding hydrogens is 226 g/mol. The molecule has 4 nitrogen and oxygen atoms in total. The number of hydrogen-bond acceptors (Lipinski definition) is 3. The summed E-state index contributed by atoms with van der Waals surface area (Å²) < 4.78 is 0. The number of aryl methyl sites for hydroxylation is 1. The van der Waals surface area contributed by atoms with Crippen molar-refractivity contribution in [2.75, 3.05) is 24.1 Å². The minimum atomic E-state index is -0.270. The number of nitrogens with zero attached hydrogens (tertiary/aromatic N) is 1. The van der Waals surface area contributed by atoms with Crippen molar-refractivity contribution in [2.45, 2.75) is 33.7 Å². The Bertz CT molecular complexity index is 393. The molecule has 0 aliphatic heterocycles. The number of likely N-dealkylation sites (N-methyl/N-ethyl adjacent to an activating group) is 1. The Kier molecular flexibility index (Phi) is 5.01. The summed E-state index contributed by atoms with van der Waals surface area (Å²) in [7, 11) is 0. The van der Waals surface area contributed by atoms with Gasteiger partial charge in [-0.2, -0.15) is 0 Å². The summed E-state index contributed by atoms with van der Waals surface area (Å²) in [5.41, 5.74) is 8.50. The topological polar surface area (TPSA) is 58.4 Å². The van der Waals surface area contributed by atoms with E-state index in [0.717, 1.165) is 24.3 Å². The van der Waals surface area contributed by atoms with E-state index in [4.69, 9.17) is 5.73 Å². The molecule has 100 valence electrons. The molecule has 0 saturated heterocycles. The van der Waals surface area contributed by atoms with Crippen LogP contribution in [0.3, 0.4) is 0 Å². The van der Waals surface area contributed by atoms with Crippen LogP contribution in [0.5, 0.6) is 0 Å². The molecule has 1 amide bonds. The van der Waals surface area contributed by atoms with Gasteiger partial charge in [0.1, 0.15) is 6.04 Å². The SMILES string of the molecule is CCN(CC)C(=O)C(C)Nc1c(C)cccc1N. The number of hydrogen-bond donors (Lipinski definition) is 2. The first kappa shape index (κ1) is 14.4. The lowest BCUT2D eigenvalue weighted by molar-refractivity contribution is -0.131. The third kappa shape index (κ3) is 3.15. The van der Waals surface area contributed by atoms with Crippen LogP contribution >= 0.6 is 0 Å². The van der Waals surface area contributed by atoms with Crippen LogP contribution in [-0.2, 0) is 4.79 Å². The van der Waals surface area contributed by atoms with Gasteiger partial charge in [0.2, 0.25) is 5.91 Å². The van der Waals surface area contributed by atoms with Gasteiger partial charge in [-0.05, 0) is 39.3 Å². The molecule has 0 fully saturated rings. The maximum absolute atomic E-state index is 12.2. The molecule has 0 spiro atoms. The number of benzene rings is 1. The predicted octanol–water partition coefficient (Wildman–Crippen LogP) is 2.25. The summed E-state index contributed by atoms with van der Waals surface area (Å²) in [4.78, 5) is 14.0.